The van der Waals surface area contributed by atoms with Gasteiger partial charge in [0.25, 0.3) is 5.56 Å². The quantitative estimate of drug-likeness (QED) is 0.686. The molecule has 8 nitrogen and oxygen atoms in total. The first-order valence-corrected chi connectivity index (χ1v) is 7.35. The van der Waals surface area contributed by atoms with Crippen LogP contribution in [0.3, 0.4) is 0 Å². The Bertz CT molecular complexity index is 1020. The van der Waals surface area contributed by atoms with E-state index < -0.39 is 17.1 Å². The monoisotopic (exact) mass is 341 g/mol. The van der Waals surface area contributed by atoms with E-state index in [-0.39, 0.29) is 12.1 Å². The van der Waals surface area contributed by atoms with E-state index >= 15 is 0 Å². The third-order valence-electron chi connectivity index (χ3n) is 3.52. The van der Waals surface area contributed by atoms with Crippen LogP contribution in [0.15, 0.2) is 61.7 Å². The number of aliphatic imine (C=N–C) groups is 1. The predicted molar refractivity (Wildman–Crippen MR) is 91.0 cm³/mol. The lowest BCUT2D eigenvalue weighted by atomic mass is 10.3. The fourth-order valence-electron chi connectivity index (χ4n) is 2.27. The molecule has 1 aromatic carbocycles. The molecule has 2 heterocycles. The number of aromatic amines is 1. The number of hydrogen-bond donors (Lipinski definition) is 2. The lowest BCUT2D eigenvalue weighted by Crippen LogP contribution is -2.32. The number of H-pyrrole nitrogens is 1. The molecule has 0 saturated carbocycles. The number of aromatic nitrogens is 2. The lowest BCUT2D eigenvalue weighted by Gasteiger charge is -2.08. The highest BCUT2D eigenvalue weighted by Gasteiger charge is 2.14. The number of nitrogens with one attached hydrogen (secondary N) is 1. The summed E-state index contributed by atoms with van der Waals surface area (Å²) in [6, 6.07) is 10.3. The van der Waals surface area contributed by atoms with Gasteiger partial charge in [0.05, 0.1) is 19.9 Å². The molecule has 0 amide bonds. The minimum absolute atomic E-state index is 0.0239. The van der Waals surface area contributed by atoms with Crippen LogP contribution in [0.5, 0.6) is 11.6 Å². The molecular weight excluding hydrogens is 326 g/mol. The fourth-order valence-corrected chi connectivity index (χ4v) is 2.27. The van der Waals surface area contributed by atoms with Crippen LogP contribution in [0.4, 0.5) is 5.69 Å². The van der Waals surface area contributed by atoms with Crippen LogP contribution in [-0.2, 0) is 6.54 Å². The molecule has 2 aromatic heterocycles. The minimum atomic E-state index is -0.742. The van der Waals surface area contributed by atoms with Gasteiger partial charge in [0, 0.05) is 6.21 Å². The van der Waals surface area contributed by atoms with Crippen molar-refractivity contribution >= 4 is 11.9 Å². The number of hydrogen-bond acceptors (Lipinski definition) is 6. The SMILES string of the molecule is COc1ccccc1N=Cc1c(O)n(Cc2ccco2)c(=O)[nH]c1=O. The number of aromatic hydroxyl groups is 1. The van der Waals surface area contributed by atoms with Crippen LogP contribution >= 0.6 is 0 Å². The van der Waals surface area contributed by atoms with Gasteiger partial charge in [-0.3, -0.25) is 19.3 Å². The van der Waals surface area contributed by atoms with E-state index in [0.717, 1.165) is 4.57 Å². The summed E-state index contributed by atoms with van der Waals surface area (Å²) in [6.45, 7) is -0.0239. The van der Waals surface area contributed by atoms with Gasteiger partial charge in [0.1, 0.15) is 22.8 Å². The first kappa shape index (κ1) is 16.3. The van der Waals surface area contributed by atoms with Crippen molar-refractivity contribution in [3.05, 3.63) is 74.8 Å². The zero-order valence-electron chi connectivity index (χ0n) is 13.3. The van der Waals surface area contributed by atoms with Crippen molar-refractivity contribution in [1.29, 1.82) is 0 Å². The maximum Gasteiger partial charge on any atom is 0.331 e. The second-order valence-corrected chi connectivity index (χ2v) is 5.09. The summed E-state index contributed by atoms with van der Waals surface area (Å²) in [7, 11) is 1.50. The van der Waals surface area contributed by atoms with Gasteiger partial charge < -0.3 is 14.3 Å². The molecule has 0 aliphatic carbocycles. The topological polar surface area (TPSA) is 110 Å². The molecule has 3 rings (SSSR count). The first-order valence-electron chi connectivity index (χ1n) is 7.35. The van der Waals surface area contributed by atoms with Gasteiger partial charge in [-0.25, -0.2) is 4.79 Å². The van der Waals surface area contributed by atoms with Crippen LogP contribution in [-0.4, -0.2) is 28.0 Å². The van der Waals surface area contributed by atoms with E-state index in [2.05, 4.69) is 9.98 Å². The molecule has 2 N–H and O–H groups in total. The molecule has 0 radical (unpaired) electrons. The summed E-state index contributed by atoms with van der Waals surface area (Å²) >= 11 is 0. The van der Waals surface area contributed by atoms with E-state index in [1.54, 1.807) is 36.4 Å². The zero-order valence-corrected chi connectivity index (χ0v) is 13.3. The molecule has 0 atom stereocenters. The molecule has 25 heavy (non-hydrogen) atoms. The van der Waals surface area contributed by atoms with Crippen molar-refractivity contribution in [2.24, 2.45) is 4.99 Å². The van der Waals surface area contributed by atoms with Crippen molar-refractivity contribution in [2.75, 3.05) is 7.11 Å². The molecule has 0 fully saturated rings. The van der Waals surface area contributed by atoms with Crippen molar-refractivity contribution in [3.63, 3.8) is 0 Å². The van der Waals surface area contributed by atoms with Crippen LogP contribution in [0, 0.1) is 0 Å². The van der Waals surface area contributed by atoms with Gasteiger partial charge in [-0.1, -0.05) is 12.1 Å². The maximum absolute atomic E-state index is 12.0. The van der Waals surface area contributed by atoms with Gasteiger partial charge in [0.15, 0.2) is 0 Å². The molecule has 0 aliphatic heterocycles. The average molecular weight is 341 g/mol. The van der Waals surface area contributed by atoms with Gasteiger partial charge in [-0.15, -0.1) is 0 Å². The van der Waals surface area contributed by atoms with Crippen LogP contribution in [0.1, 0.15) is 11.3 Å². The van der Waals surface area contributed by atoms with Crippen molar-refractivity contribution < 1.29 is 14.3 Å². The second kappa shape index (κ2) is 6.91. The van der Waals surface area contributed by atoms with E-state index in [0.29, 0.717) is 17.2 Å². The van der Waals surface area contributed by atoms with Gasteiger partial charge in [-0.05, 0) is 24.3 Å². The number of para-hydroxylation sites is 2. The summed E-state index contributed by atoms with van der Waals surface area (Å²) in [6.07, 6.45) is 2.64. The third-order valence-corrected chi connectivity index (χ3v) is 3.52. The molecule has 0 saturated heterocycles. The lowest BCUT2D eigenvalue weighted by molar-refractivity contribution is 0.392. The summed E-state index contributed by atoms with van der Waals surface area (Å²) in [5.41, 5.74) is -1.14. The first-order chi connectivity index (χ1) is 12.1. The van der Waals surface area contributed by atoms with Gasteiger partial charge >= 0.3 is 5.69 Å². The van der Waals surface area contributed by atoms with Gasteiger partial charge in [0.2, 0.25) is 5.88 Å². The third kappa shape index (κ3) is 3.37. The Morgan fingerprint density at radius 3 is 2.80 bits per heavy atom. The largest absolute Gasteiger partial charge is 0.494 e. The molecular formula is C17H15N3O5. The Morgan fingerprint density at radius 2 is 2.08 bits per heavy atom. The number of benzene rings is 1. The minimum Gasteiger partial charge on any atom is -0.494 e. The Kier molecular flexibility index (Phi) is 4.51. The van der Waals surface area contributed by atoms with Crippen molar-refractivity contribution in [2.45, 2.75) is 6.54 Å². The standard InChI is InChI=1S/C17H15N3O5/c1-24-14-7-3-2-6-13(14)18-9-12-15(21)19-17(23)20(16(12)22)10-11-5-4-8-25-11/h2-9,22H,10H2,1H3,(H,19,21,23). The molecule has 0 aliphatic rings. The maximum atomic E-state index is 12.0. The number of methoxy groups -OCH3 is 1. The summed E-state index contributed by atoms with van der Waals surface area (Å²) in [5, 5.41) is 10.3. The van der Waals surface area contributed by atoms with E-state index in [9.17, 15) is 14.7 Å². The smallest absolute Gasteiger partial charge is 0.331 e. The summed E-state index contributed by atoms with van der Waals surface area (Å²) < 4.78 is 11.3. The second-order valence-electron chi connectivity index (χ2n) is 5.09. The Labute approximate surface area is 141 Å². The molecule has 128 valence electrons. The Hall–Kier alpha value is -3.55. The normalized spacial score (nSPS) is 11.1. The van der Waals surface area contributed by atoms with Gasteiger partial charge in [-0.2, -0.15) is 0 Å². The van der Waals surface area contributed by atoms with Crippen LogP contribution < -0.4 is 16.0 Å². The van der Waals surface area contributed by atoms with E-state index in [1.807, 2.05) is 0 Å². The highest BCUT2D eigenvalue weighted by molar-refractivity contribution is 5.84. The zero-order chi connectivity index (χ0) is 17.8. The van der Waals surface area contributed by atoms with Crippen molar-refractivity contribution in [1.82, 2.24) is 9.55 Å². The molecule has 0 spiro atoms. The van der Waals surface area contributed by atoms with E-state index in [4.69, 9.17) is 9.15 Å². The Morgan fingerprint density at radius 1 is 1.28 bits per heavy atom. The summed E-state index contributed by atoms with van der Waals surface area (Å²) in [5.74, 6) is 0.472. The van der Waals surface area contributed by atoms with Crippen molar-refractivity contribution in [3.8, 4) is 11.6 Å². The average Bonchev–Trinajstić information content (AvgIpc) is 3.12. The molecule has 3 aromatic rings. The fraction of sp³-hybridized carbons (Fsp3) is 0.118. The molecule has 0 bridgehead atoms. The number of rotatable bonds is 5. The highest BCUT2D eigenvalue weighted by atomic mass is 16.5. The highest BCUT2D eigenvalue weighted by Crippen LogP contribution is 2.26. The summed E-state index contributed by atoms with van der Waals surface area (Å²) in [4.78, 5) is 30.3. The Balaban J connectivity index is 2.03. The number of furan rings is 1. The number of ether oxygens (including phenoxy) is 1. The van der Waals surface area contributed by atoms with Crippen LogP contribution in [0.25, 0.3) is 0 Å². The molecule has 0 unspecified atom stereocenters. The predicted octanol–water partition coefficient (Wildman–Crippen LogP) is 1.64. The molecule has 8 heteroatoms. The number of nitrogens with zero attached hydrogens (tertiary/aromatic N) is 2. The van der Waals surface area contributed by atoms with Crippen LogP contribution in [0.2, 0.25) is 0 Å². The van der Waals surface area contributed by atoms with E-state index in [1.165, 1.54) is 19.6 Å².